The van der Waals surface area contributed by atoms with Crippen molar-refractivity contribution < 1.29 is 9.13 Å². The first-order valence-corrected chi connectivity index (χ1v) is 6.37. The maximum atomic E-state index is 13.2. The number of pyridine rings is 1. The summed E-state index contributed by atoms with van der Waals surface area (Å²) >= 11 is 0. The molecule has 1 aliphatic heterocycles. The van der Waals surface area contributed by atoms with E-state index in [1.807, 2.05) is 24.3 Å². The molecule has 0 amide bonds. The first-order chi connectivity index (χ1) is 9.33. The van der Waals surface area contributed by atoms with Crippen LogP contribution < -0.4 is 4.90 Å². The van der Waals surface area contributed by atoms with Crippen molar-refractivity contribution in [2.45, 2.75) is 0 Å². The molecule has 0 N–H and O–H groups in total. The molecule has 1 aliphatic rings. The standard InChI is InChI=1S/C15H15FN2O/c16-13-5-6-17-15(11-13)12-1-3-14(4-2-12)18-7-9-19-10-8-18/h1-6,11H,7-10H2. The third-order valence-electron chi connectivity index (χ3n) is 3.26. The van der Waals surface area contributed by atoms with Gasteiger partial charge in [0.25, 0.3) is 0 Å². The van der Waals surface area contributed by atoms with Gasteiger partial charge in [-0.3, -0.25) is 4.98 Å². The van der Waals surface area contributed by atoms with Crippen LogP contribution in [0.4, 0.5) is 10.1 Å². The van der Waals surface area contributed by atoms with E-state index in [4.69, 9.17) is 4.74 Å². The van der Waals surface area contributed by atoms with Crippen LogP contribution in [-0.4, -0.2) is 31.3 Å². The fourth-order valence-corrected chi connectivity index (χ4v) is 2.23. The number of ether oxygens (including phenoxy) is 1. The highest BCUT2D eigenvalue weighted by molar-refractivity contribution is 5.63. The van der Waals surface area contributed by atoms with Crippen molar-refractivity contribution in [2.24, 2.45) is 0 Å². The SMILES string of the molecule is Fc1ccnc(-c2ccc(N3CCOCC3)cc2)c1. The average molecular weight is 258 g/mol. The predicted molar refractivity (Wildman–Crippen MR) is 72.7 cm³/mol. The number of aromatic nitrogens is 1. The maximum Gasteiger partial charge on any atom is 0.126 e. The molecule has 3 rings (SSSR count). The Balaban J connectivity index is 1.82. The molecule has 1 saturated heterocycles. The smallest absolute Gasteiger partial charge is 0.126 e. The van der Waals surface area contributed by atoms with Gasteiger partial charge < -0.3 is 9.64 Å². The minimum Gasteiger partial charge on any atom is -0.378 e. The molecule has 3 nitrogen and oxygen atoms in total. The Morgan fingerprint density at radius 3 is 2.47 bits per heavy atom. The van der Waals surface area contributed by atoms with Gasteiger partial charge in [0.1, 0.15) is 5.82 Å². The molecule has 0 bridgehead atoms. The number of hydrogen-bond acceptors (Lipinski definition) is 3. The van der Waals surface area contributed by atoms with Crippen molar-refractivity contribution >= 4 is 5.69 Å². The number of morpholine rings is 1. The van der Waals surface area contributed by atoms with E-state index in [9.17, 15) is 4.39 Å². The molecule has 4 heteroatoms. The van der Waals surface area contributed by atoms with Gasteiger partial charge in [0.2, 0.25) is 0 Å². The van der Waals surface area contributed by atoms with Crippen molar-refractivity contribution in [1.82, 2.24) is 4.98 Å². The summed E-state index contributed by atoms with van der Waals surface area (Å²) in [6.45, 7) is 3.37. The lowest BCUT2D eigenvalue weighted by Gasteiger charge is -2.28. The lowest BCUT2D eigenvalue weighted by molar-refractivity contribution is 0.122. The van der Waals surface area contributed by atoms with Crippen LogP contribution in [0.1, 0.15) is 0 Å². The topological polar surface area (TPSA) is 25.4 Å². The predicted octanol–water partition coefficient (Wildman–Crippen LogP) is 2.72. The summed E-state index contributed by atoms with van der Waals surface area (Å²) in [4.78, 5) is 6.46. The van der Waals surface area contributed by atoms with Gasteiger partial charge in [-0.05, 0) is 18.2 Å². The van der Waals surface area contributed by atoms with Crippen LogP contribution in [0.15, 0.2) is 42.6 Å². The summed E-state index contributed by atoms with van der Waals surface area (Å²) in [7, 11) is 0. The summed E-state index contributed by atoms with van der Waals surface area (Å²) in [5.41, 5.74) is 2.76. The van der Waals surface area contributed by atoms with Crippen LogP contribution in [0.2, 0.25) is 0 Å². The normalized spacial score (nSPS) is 15.5. The second-order valence-electron chi connectivity index (χ2n) is 4.51. The van der Waals surface area contributed by atoms with Gasteiger partial charge in [-0.2, -0.15) is 0 Å². The number of anilines is 1. The van der Waals surface area contributed by atoms with E-state index in [0.717, 1.165) is 31.9 Å². The molecule has 0 aliphatic carbocycles. The van der Waals surface area contributed by atoms with Crippen LogP contribution in [0, 0.1) is 5.82 Å². The van der Waals surface area contributed by atoms with Gasteiger partial charge in [0, 0.05) is 36.6 Å². The molecule has 19 heavy (non-hydrogen) atoms. The van der Waals surface area contributed by atoms with Crippen LogP contribution >= 0.6 is 0 Å². The fraction of sp³-hybridized carbons (Fsp3) is 0.267. The van der Waals surface area contributed by atoms with Crippen molar-refractivity contribution in [3.63, 3.8) is 0 Å². The number of nitrogens with zero attached hydrogens (tertiary/aromatic N) is 2. The molecule has 0 radical (unpaired) electrons. The number of hydrogen-bond donors (Lipinski definition) is 0. The first kappa shape index (κ1) is 12.1. The zero-order chi connectivity index (χ0) is 13.1. The Morgan fingerprint density at radius 1 is 1.05 bits per heavy atom. The summed E-state index contributed by atoms with van der Waals surface area (Å²) in [6, 6.07) is 10.9. The molecule has 98 valence electrons. The second-order valence-corrected chi connectivity index (χ2v) is 4.51. The van der Waals surface area contributed by atoms with Crippen molar-refractivity contribution in [1.29, 1.82) is 0 Å². The van der Waals surface area contributed by atoms with Crippen molar-refractivity contribution in [3.8, 4) is 11.3 Å². The summed E-state index contributed by atoms with van der Waals surface area (Å²) in [6.07, 6.45) is 1.49. The minimum atomic E-state index is -0.262. The van der Waals surface area contributed by atoms with E-state index >= 15 is 0 Å². The molecule has 1 aromatic heterocycles. The van der Waals surface area contributed by atoms with E-state index in [2.05, 4.69) is 9.88 Å². The molecular weight excluding hydrogens is 243 g/mol. The van der Waals surface area contributed by atoms with Crippen LogP contribution in [0.3, 0.4) is 0 Å². The highest BCUT2D eigenvalue weighted by Gasteiger charge is 2.11. The Hall–Kier alpha value is -1.94. The summed E-state index contributed by atoms with van der Waals surface area (Å²) in [5, 5.41) is 0. The van der Waals surface area contributed by atoms with Gasteiger partial charge in [0.15, 0.2) is 0 Å². The van der Waals surface area contributed by atoms with Crippen molar-refractivity contribution in [3.05, 3.63) is 48.4 Å². The molecular formula is C15H15FN2O. The fourth-order valence-electron chi connectivity index (χ4n) is 2.23. The van der Waals surface area contributed by atoms with Crippen LogP contribution in [0.25, 0.3) is 11.3 Å². The molecule has 1 fully saturated rings. The highest BCUT2D eigenvalue weighted by atomic mass is 19.1. The molecule has 0 atom stereocenters. The van der Waals surface area contributed by atoms with E-state index < -0.39 is 0 Å². The molecule has 0 saturated carbocycles. The van der Waals surface area contributed by atoms with E-state index in [1.165, 1.54) is 24.0 Å². The largest absolute Gasteiger partial charge is 0.378 e. The van der Waals surface area contributed by atoms with Gasteiger partial charge in [0.05, 0.1) is 18.9 Å². The second kappa shape index (κ2) is 5.36. The molecule has 1 aromatic carbocycles. The van der Waals surface area contributed by atoms with E-state index in [-0.39, 0.29) is 5.82 Å². The Labute approximate surface area is 111 Å². The third kappa shape index (κ3) is 2.74. The van der Waals surface area contributed by atoms with Gasteiger partial charge >= 0.3 is 0 Å². The third-order valence-corrected chi connectivity index (χ3v) is 3.26. The number of halogens is 1. The average Bonchev–Trinajstić information content (AvgIpc) is 2.48. The number of benzene rings is 1. The van der Waals surface area contributed by atoms with E-state index in [0.29, 0.717) is 5.69 Å². The minimum absolute atomic E-state index is 0.262. The molecule has 0 spiro atoms. The Bertz CT molecular complexity index is 550. The maximum absolute atomic E-state index is 13.2. The first-order valence-electron chi connectivity index (χ1n) is 6.37. The van der Waals surface area contributed by atoms with E-state index in [1.54, 1.807) is 0 Å². The molecule has 2 heterocycles. The van der Waals surface area contributed by atoms with Gasteiger partial charge in [-0.1, -0.05) is 12.1 Å². The molecule has 0 unspecified atom stereocenters. The summed E-state index contributed by atoms with van der Waals surface area (Å²) < 4.78 is 18.5. The quantitative estimate of drug-likeness (QED) is 0.828. The summed E-state index contributed by atoms with van der Waals surface area (Å²) in [5.74, 6) is -0.262. The number of rotatable bonds is 2. The molecule has 2 aromatic rings. The monoisotopic (exact) mass is 258 g/mol. The Kier molecular flexibility index (Phi) is 3.42. The zero-order valence-electron chi connectivity index (χ0n) is 10.6. The van der Waals surface area contributed by atoms with Crippen LogP contribution in [-0.2, 0) is 4.74 Å². The van der Waals surface area contributed by atoms with Crippen LogP contribution in [0.5, 0.6) is 0 Å². The lowest BCUT2D eigenvalue weighted by atomic mass is 10.1. The van der Waals surface area contributed by atoms with Gasteiger partial charge in [-0.15, -0.1) is 0 Å². The lowest BCUT2D eigenvalue weighted by Crippen LogP contribution is -2.36. The highest BCUT2D eigenvalue weighted by Crippen LogP contribution is 2.22. The zero-order valence-corrected chi connectivity index (χ0v) is 10.6. The van der Waals surface area contributed by atoms with Gasteiger partial charge in [-0.25, -0.2) is 4.39 Å². The Morgan fingerprint density at radius 2 is 1.79 bits per heavy atom. The van der Waals surface area contributed by atoms with Crippen molar-refractivity contribution in [2.75, 3.05) is 31.2 Å².